The highest BCUT2D eigenvalue weighted by atomic mass is 16.5. The van der Waals surface area contributed by atoms with Crippen LogP contribution in [-0.2, 0) is 19.1 Å². The molecule has 2 fully saturated rings. The lowest BCUT2D eigenvalue weighted by atomic mass is 9.66. The van der Waals surface area contributed by atoms with Gasteiger partial charge in [-0.15, -0.1) is 0 Å². The summed E-state index contributed by atoms with van der Waals surface area (Å²) < 4.78 is 10.1. The molecule has 0 aliphatic heterocycles. The summed E-state index contributed by atoms with van der Waals surface area (Å²) in [6.07, 6.45) is 10.5. The molecule has 0 spiro atoms. The van der Waals surface area contributed by atoms with Crippen molar-refractivity contribution in [2.24, 2.45) is 17.3 Å². The van der Waals surface area contributed by atoms with Crippen LogP contribution in [0.1, 0.15) is 64.2 Å². The molecular weight excluding hydrogens is 268 g/mol. The molecule has 0 atom stereocenters. The van der Waals surface area contributed by atoms with E-state index in [9.17, 15) is 9.59 Å². The van der Waals surface area contributed by atoms with Crippen LogP contribution in [0.15, 0.2) is 0 Å². The number of hydrogen-bond acceptors (Lipinski definition) is 4. The van der Waals surface area contributed by atoms with E-state index in [1.165, 1.54) is 33.5 Å². The van der Waals surface area contributed by atoms with Gasteiger partial charge >= 0.3 is 11.9 Å². The van der Waals surface area contributed by atoms with Gasteiger partial charge in [0.25, 0.3) is 0 Å². The van der Waals surface area contributed by atoms with Gasteiger partial charge in [-0.1, -0.05) is 44.9 Å². The minimum atomic E-state index is -1.07. The first-order valence-corrected chi connectivity index (χ1v) is 8.32. The van der Waals surface area contributed by atoms with Gasteiger partial charge in [0.1, 0.15) is 0 Å². The Morgan fingerprint density at radius 1 is 0.857 bits per heavy atom. The van der Waals surface area contributed by atoms with E-state index in [4.69, 9.17) is 9.47 Å². The molecular formula is C17H28O4. The minimum Gasteiger partial charge on any atom is -0.468 e. The van der Waals surface area contributed by atoms with Crippen LogP contribution < -0.4 is 0 Å². The third-order valence-corrected chi connectivity index (χ3v) is 5.49. The second-order valence-electron chi connectivity index (χ2n) is 6.64. The summed E-state index contributed by atoms with van der Waals surface area (Å²) >= 11 is 0. The lowest BCUT2D eigenvalue weighted by molar-refractivity contribution is -0.176. The number of methoxy groups -OCH3 is 2. The van der Waals surface area contributed by atoms with Crippen LogP contribution in [0.25, 0.3) is 0 Å². The van der Waals surface area contributed by atoms with E-state index in [0.29, 0.717) is 12.3 Å². The smallest absolute Gasteiger partial charge is 0.323 e. The summed E-state index contributed by atoms with van der Waals surface area (Å²) in [5.74, 6) is -0.240. The zero-order valence-electron chi connectivity index (χ0n) is 13.4. The molecule has 0 saturated heterocycles. The van der Waals surface area contributed by atoms with Crippen LogP contribution in [-0.4, -0.2) is 26.2 Å². The standard InChI is InChI=1S/C17H28O4/c1-20-15(18)17(16(19)21-2,14-10-6-7-11-14)12-13-8-4-3-5-9-13/h13-14H,3-12H2,1-2H3. The topological polar surface area (TPSA) is 52.6 Å². The van der Waals surface area contributed by atoms with Crippen molar-refractivity contribution in [3.8, 4) is 0 Å². The van der Waals surface area contributed by atoms with E-state index in [-0.39, 0.29) is 17.9 Å². The van der Waals surface area contributed by atoms with Gasteiger partial charge < -0.3 is 9.47 Å². The van der Waals surface area contributed by atoms with Gasteiger partial charge in [0, 0.05) is 0 Å². The van der Waals surface area contributed by atoms with Gasteiger partial charge in [0.2, 0.25) is 0 Å². The summed E-state index contributed by atoms with van der Waals surface area (Å²) in [6, 6.07) is 0. The first-order valence-electron chi connectivity index (χ1n) is 8.32. The molecule has 0 aromatic heterocycles. The minimum absolute atomic E-state index is 0.0827. The van der Waals surface area contributed by atoms with E-state index < -0.39 is 5.41 Å². The predicted octanol–water partition coefficient (Wildman–Crippen LogP) is 3.48. The molecule has 4 nitrogen and oxygen atoms in total. The first kappa shape index (κ1) is 16.3. The highest BCUT2D eigenvalue weighted by molar-refractivity contribution is 6.00. The number of carbonyl (C=O) groups excluding carboxylic acids is 2. The summed E-state index contributed by atoms with van der Waals surface area (Å²) in [6.45, 7) is 0. The maximum atomic E-state index is 12.6. The van der Waals surface area contributed by atoms with Crippen molar-refractivity contribution in [2.75, 3.05) is 14.2 Å². The van der Waals surface area contributed by atoms with Crippen molar-refractivity contribution in [1.29, 1.82) is 0 Å². The summed E-state index contributed by atoms with van der Waals surface area (Å²) in [4.78, 5) is 25.1. The molecule has 0 aromatic rings. The van der Waals surface area contributed by atoms with E-state index >= 15 is 0 Å². The molecule has 0 heterocycles. The predicted molar refractivity (Wildman–Crippen MR) is 79.6 cm³/mol. The Hall–Kier alpha value is -1.06. The molecule has 0 radical (unpaired) electrons. The fourth-order valence-electron chi connectivity index (χ4n) is 4.38. The van der Waals surface area contributed by atoms with Crippen LogP contribution in [0.5, 0.6) is 0 Å². The van der Waals surface area contributed by atoms with Gasteiger partial charge in [-0.3, -0.25) is 9.59 Å². The van der Waals surface area contributed by atoms with Crippen LogP contribution in [0.3, 0.4) is 0 Å². The summed E-state index contributed by atoms with van der Waals surface area (Å²) in [5.41, 5.74) is -1.07. The largest absolute Gasteiger partial charge is 0.468 e. The van der Waals surface area contributed by atoms with Gasteiger partial charge in [-0.25, -0.2) is 0 Å². The molecule has 0 unspecified atom stereocenters. The number of rotatable bonds is 5. The van der Waals surface area contributed by atoms with Crippen LogP contribution in [0.4, 0.5) is 0 Å². The number of hydrogen-bond donors (Lipinski definition) is 0. The summed E-state index contributed by atoms with van der Waals surface area (Å²) in [7, 11) is 2.77. The molecule has 0 aromatic carbocycles. The molecule has 2 aliphatic carbocycles. The lowest BCUT2D eigenvalue weighted by Gasteiger charge is -2.37. The second kappa shape index (κ2) is 7.28. The van der Waals surface area contributed by atoms with E-state index in [2.05, 4.69) is 0 Å². The molecule has 2 rings (SSSR count). The Morgan fingerprint density at radius 3 is 1.81 bits per heavy atom. The van der Waals surface area contributed by atoms with E-state index in [0.717, 1.165) is 38.5 Å². The van der Waals surface area contributed by atoms with E-state index in [1.54, 1.807) is 0 Å². The van der Waals surface area contributed by atoms with Crippen molar-refractivity contribution in [3.63, 3.8) is 0 Å². The SMILES string of the molecule is COC(=O)C(CC1CCCCC1)(C(=O)OC)C1CCCC1. The average Bonchev–Trinajstić information content (AvgIpc) is 3.06. The van der Waals surface area contributed by atoms with Crippen molar-refractivity contribution in [2.45, 2.75) is 64.2 Å². The van der Waals surface area contributed by atoms with Crippen LogP contribution >= 0.6 is 0 Å². The van der Waals surface area contributed by atoms with Crippen molar-refractivity contribution in [1.82, 2.24) is 0 Å². The number of esters is 2. The number of carbonyl (C=O) groups is 2. The number of ether oxygens (including phenoxy) is 2. The van der Waals surface area contributed by atoms with Crippen LogP contribution in [0, 0.1) is 17.3 Å². The third-order valence-electron chi connectivity index (χ3n) is 5.49. The van der Waals surface area contributed by atoms with Gasteiger partial charge in [0.15, 0.2) is 5.41 Å². The highest BCUT2D eigenvalue weighted by Gasteiger charge is 2.55. The highest BCUT2D eigenvalue weighted by Crippen LogP contribution is 2.48. The molecule has 0 bridgehead atoms. The maximum Gasteiger partial charge on any atom is 0.323 e. The molecule has 2 aliphatic rings. The Balaban J connectivity index is 2.28. The fourth-order valence-corrected chi connectivity index (χ4v) is 4.38. The normalized spacial score (nSPS) is 21.2. The molecule has 4 heteroatoms. The zero-order valence-corrected chi connectivity index (χ0v) is 13.4. The van der Waals surface area contributed by atoms with Gasteiger partial charge in [-0.2, -0.15) is 0 Å². The van der Waals surface area contributed by atoms with Gasteiger partial charge in [0.05, 0.1) is 14.2 Å². The fraction of sp³-hybridized carbons (Fsp3) is 0.882. The second-order valence-corrected chi connectivity index (χ2v) is 6.64. The van der Waals surface area contributed by atoms with Crippen molar-refractivity contribution in [3.05, 3.63) is 0 Å². The summed E-state index contributed by atoms with van der Waals surface area (Å²) in [5, 5.41) is 0. The zero-order chi connectivity index (χ0) is 15.3. The molecule has 2 saturated carbocycles. The average molecular weight is 296 g/mol. The maximum absolute atomic E-state index is 12.6. The monoisotopic (exact) mass is 296 g/mol. The Kier molecular flexibility index (Phi) is 5.65. The van der Waals surface area contributed by atoms with Crippen molar-refractivity contribution >= 4 is 11.9 Å². The first-order chi connectivity index (χ1) is 10.1. The molecule has 0 amide bonds. The van der Waals surface area contributed by atoms with Crippen LogP contribution in [0.2, 0.25) is 0 Å². The third kappa shape index (κ3) is 3.24. The Bertz CT molecular complexity index is 349. The Labute approximate surface area is 127 Å². The van der Waals surface area contributed by atoms with Crippen molar-refractivity contribution < 1.29 is 19.1 Å². The van der Waals surface area contributed by atoms with E-state index in [1.807, 2.05) is 0 Å². The quantitative estimate of drug-likeness (QED) is 0.576. The molecule has 120 valence electrons. The Morgan fingerprint density at radius 2 is 1.33 bits per heavy atom. The molecule has 0 N–H and O–H groups in total. The molecule has 21 heavy (non-hydrogen) atoms. The van der Waals surface area contributed by atoms with Gasteiger partial charge in [-0.05, 0) is 31.1 Å². The lowest BCUT2D eigenvalue weighted by Crippen LogP contribution is -2.48.